The molecule has 1 aromatic rings. The van der Waals surface area contributed by atoms with Crippen LogP contribution in [0.25, 0.3) is 0 Å². The Kier molecular flexibility index (Phi) is 4.58. The number of ether oxygens (including phenoxy) is 2. The monoisotopic (exact) mass is 410 g/mol. The third kappa shape index (κ3) is 2.89. The van der Waals surface area contributed by atoms with Gasteiger partial charge >= 0.3 is 0 Å². The maximum atomic E-state index is 6.59. The van der Waals surface area contributed by atoms with E-state index in [9.17, 15) is 0 Å². The van der Waals surface area contributed by atoms with Crippen LogP contribution in [0, 0.1) is 23.7 Å². The van der Waals surface area contributed by atoms with Crippen molar-refractivity contribution in [3.8, 4) is 0 Å². The predicted octanol–water partition coefficient (Wildman–Crippen LogP) is 5.64. The molecule has 4 nitrogen and oxygen atoms in total. The van der Waals surface area contributed by atoms with Gasteiger partial charge in [0, 0.05) is 22.3 Å². The van der Waals surface area contributed by atoms with Crippen molar-refractivity contribution in [3.63, 3.8) is 0 Å². The van der Waals surface area contributed by atoms with Crippen molar-refractivity contribution in [1.29, 1.82) is 0 Å². The predicted molar refractivity (Wildman–Crippen MR) is 104 cm³/mol. The van der Waals surface area contributed by atoms with E-state index in [2.05, 4.69) is 26.0 Å². The van der Waals surface area contributed by atoms with Crippen molar-refractivity contribution >= 4 is 23.4 Å². The molecule has 6 rings (SSSR count). The fourth-order valence-electron chi connectivity index (χ4n) is 5.65. The van der Waals surface area contributed by atoms with Crippen molar-refractivity contribution in [2.75, 3.05) is 0 Å². The van der Waals surface area contributed by atoms with Crippen LogP contribution in [0.15, 0.2) is 29.2 Å². The highest BCUT2D eigenvalue weighted by molar-refractivity contribution is 7.99. The molecule has 27 heavy (non-hydrogen) atoms. The molecule has 1 aliphatic carbocycles. The van der Waals surface area contributed by atoms with Crippen LogP contribution >= 0.6 is 23.4 Å². The molecule has 4 aliphatic heterocycles. The summed E-state index contributed by atoms with van der Waals surface area (Å²) in [6.07, 6.45) is 3.89. The second-order valence-electron chi connectivity index (χ2n) is 8.85. The average Bonchev–Trinajstić information content (AvgIpc) is 2.87. The van der Waals surface area contributed by atoms with Crippen LogP contribution in [0.2, 0.25) is 5.02 Å². The SMILES string of the molecule is C[C@H]1[C@H](Sc2ccc(Cl)cc2)O[C@@H]2O[C@@]3(C)CC[C@H]4[C@H](C)CC[C@@H]1[C@@]24OO3. The van der Waals surface area contributed by atoms with Gasteiger partial charge in [-0.15, -0.1) is 0 Å². The normalized spacial score (nSPS) is 48.7. The molecule has 5 aliphatic rings. The summed E-state index contributed by atoms with van der Waals surface area (Å²) in [6, 6.07) is 7.97. The van der Waals surface area contributed by atoms with Crippen molar-refractivity contribution in [3.05, 3.63) is 29.3 Å². The van der Waals surface area contributed by atoms with Gasteiger partial charge < -0.3 is 9.47 Å². The molecule has 2 bridgehead atoms. The van der Waals surface area contributed by atoms with E-state index >= 15 is 0 Å². The lowest BCUT2D eigenvalue weighted by atomic mass is 9.58. The van der Waals surface area contributed by atoms with Crippen molar-refractivity contribution in [2.45, 2.75) is 74.5 Å². The highest BCUT2D eigenvalue weighted by atomic mass is 35.5. The Labute approximate surface area is 170 Å². The number of halogens is 1. The Morgan fingerprint density at radius 1 is 1.04 bits per heavy atom. The number of benzene rings is 1. The summed E-state index contributed by atoms with van der Waals surface area (Å²) < 4.78 is 13.0. The fourth-order valence-corrected chi connectivity index (χ4v) is 6.90. The standard InChI is InChI=1S/C21H27ClO4S/c1-12-4-9-17-13(2)18(27-15-7-5-14(22)6-8-15)23-19-21(17)16(12)10-11-20(3,24-19)25-26-21/h5-8,12-13,16-19H,4,9-11H2,1-3H3/t12-,13-,16+,17+,18+,19-,20-,21-/m1/s1. The van der Waals surface area contributed by atoms with E-state index in [4.69, 9.17) is 30.8 Å². The molecule has 0 aromatic heterocycles. The highest BCUT2D eigenvalue weighted by Gasteiger charge is 2.69. The minimum Gasteiger partial charge on any atom is -0.335 e. The van der Waals surface area contributed by atoms with E-state index in [1.807, 2.05) is 19.1 Å². The van der Waals surface area contributed by atoms with Gasteiger partial charge in [0.1, 0.15) is 5.44 Å². The van der Waals surface area contributed by atoms with Crippen molar-refractivity contribution in [2.24, 2.45) is 23.7 Å². The zero-order valence-corrected chi connectivity index (χ0v) is 17.6. The van der Waals surface area contributed by atoms with Gasteiger partial charge in [-0.2, -0.15) is 0 Å². The van der Waals surface area contributed by atoms with E-state index in [0.717, 1.165) is 29.2 Å². The van der Waals surface area contributed by atoms with E-state index in [-0.39, 0.29) is 11.7 Å². The molecule has 0 N–H and O–H groups in total. The summed E-state index contributed by atoms with van der Waals surface area (Å²) in [6.45, 7) is 6.61. The Bertz CT molecular complexity index is 715. The lowest BCUT2D eigenvalue weighted by Crippen LogP contribution is -2.70. The van der Waals surface area contributed by atoms with E-state index in [1.54, 1.807) is 11.8 Å². The third-order valence-electron chi connectivity index (χ3n) is 7.16. The zero-order valence-electron chi connectivity index (χ0n) is 16.0. The van der Waals surface area contributed by atoms with Crippen LogP contribution in [0.4, 0.5) is 0 Å². The van der Waals surface area contributed by atoms with Crippen LogP contribution in [0.1, 0.15) is 46.5 Å². The van der Waals surface area contributed by atoms with Crippen LogP contribution in [0.5, 0.6) is 0 Å². The van der Waals surface area contributed by atoms with Crippen LogP contribution in [0.3, 0.4) is 0 Å². The quantitative estimate of drug-likeness (QED) is 0.589. The summed E-state index contributed by atoms with van der Waals surface area (Å²) in [5.41, 5.74) is -0.461. The molecule has 4 heterocycles. The first kappa shape index (κ1) is 18.7. The molecule has 0 radical (unpaired) electrons. The van der Waals surface area contributed by atoms with Crippen molar-refractivity contribution < 1.29 is 19.2 Å². The smallest absolute Gasteiger partial charge is 0.201 e. The maximum Gasteiger partial charge on any atom is 0.201 e. The molecule has 148 valence electrons. The Morgan fingerprint density at radius 3 is 2.59 bits per heavy atom. The molecule has 1 aromatic carbocycles. The van der Waals surface area contributed by atoms with Gasteiger partial charge in [0.05, 0.1) is 0 Å². The Balaban J connectivity index is 1.48. The summed E-state index contributed by atoms with van der Waals surface area (Å²) in [4.78, 5) is 13.2. The zero-order chi connectivity index (χ0) is 18.8. The molecule has 6 heteroatoms. The molecule has 0 unspecified atom stereocenters. The molecular formula is C21H27ClO4S. The first-order valence-corrected chi connectivity index (χ1v) is 11.3. The minimum atomic E-state index is -0.715. The summed E-state index contributed by atoms with van der Waals surface area (Å²) in [5, 5.41) is 0.753. The number of rotatable bonds is 2. The molecule has 5 fully saturated rings. The number of fused-ring (bicyclic) bond motifs is 2. The lowest BCUT2D eigenvalue weighted by molar-refractivity contribution is -0.568. The van der Waals surface area contributed by atoms with Gasteiger partial charge in [0.25, 0.3) is 0 Å². The summed E-state index contributed by atoms with van der Waals surface area (Å²) in [7, 11) is 0. The first-order valence-electron chi connectivity index (χ1n) is 10.0. The Morgan fingerprint density at radius 2 is 1.81 bits per heavy atom. The fraction of sp³-hybridized carbons (Fsp3) is 0.714. The highest BCUT2D eigenvalue weighted by Crippen LogP contribution is 2.61. The molecule has 4 saturated heterocycles. The molecular weight excluding hydrogens is 384 g/mol. The molecule has 8 atom stereocenters. The third-order valence-corrected chi connectivity index (χ3v) is 8.73. The second-order valence-corrected chi connectivity index (χ2v) is 10.5. The Hall–Kier alpha value is -0.300. The molecule has 1 saturated carbocycles. The van der Waals surface area contributed by atoms with Gasteiger partial charge in [0.2, 0.25) is 5.79 Å². The molecule has 1 spiro atoms. The van der Waals surface area contributed by atoms with Gasteiger partial charge in [-0.25, -0.2) is 9.78 Å². The summed E-state index contributed by atoms with van der Waals surface area (Å²) >= 11 is 7.80. The largest absolute Gasteiger partial charge is 0.335 e. The minimum absolute atomic E-state index is 0.0207. The van der Waals surface area contributed by atoms with Crippen molar-refractivity contribution in [1.82, 2.24) is 0 Å². The van der Waals surface area contributed by atoms with Gasteiger partial charge in [-0.05, 0) is 68.2 Å². The van der Waals surface area contributed by atoms with Crippen LogP contribution in [-0.2, 0) is 19.2 Å². The van der Waals surface area contributed by atoms with Gasteiger partial charge in [-0.1, -0.05) is 37.2 Å². The van der Waals surface area contributed by atoms with Crippen LogP contribution in [-0.4, -0.2) is 23.1 Å². The molecule has 0 amide bonds. The maximum absolute atomic E-state index is 6.59. The number of hydrogen-bond acceptors (Lipinski definition) is 5. The lowest BCUT2D eigenvalue weighted by Gasteiger charge is -2.60. The van der Waals surface area contributed by atoms with E-state index in [0.29, 0.717) is 23.7 Å². The van der Waals surface area contributed by atoms with Gasteiger partial charge in [-0.3, -0.25) is 0 Å². The first-order chi connectivity index (χ1) is 12.9. The second kappa shape index (κ2) is 6.61. The van der Waals surface area contributed by atoms with E-state index < -0.39 is 11.4 Å². The van der Waals surface area contributed by atoms with Gasteiger partial charge in [0.15, 0.2) is 11.9 Å². The number of hydrogen-bond donors (Lipinski definition) is 0. The van der Waals surface area contributed by atoms with E-state index in [1.165, 1.54) is 6.42 Å². The van der Waals surface area contributed by atoms with Crippen LogP contribution < -0.4 is 0 Å². The summed E-state index contributed by atoms with van der Waals surface area (Å²) in [5.74, 6) is 0.992. The topological polar surface area (TPSA) is 36.9 Å². The number of thioether (sulfide) groups is 1. The average molecular weight is 411 g/mol.